The SMILES string of the molecule is C[C@H](CC(=O)N1CCC(O)(Cn2cnn3c(-c4ccc5c(c4)CC(=O)C5)cnc3c2=O)CC1)c1ccccc1. The van der Waals surface area contributed by atoms with Gasteiger partial charge in [-0.2, -0.15) is 5.10 Å². The van der Waals surface area contributed by atoms with Crippen molar-refractivity contribution in [1.29, 1.82) is 0 Å². The van der Waals surface area contributed by atoms with Gasteiger partial charge < -0.3 is 10.0 Å². The monoisotopic (exact) mass is 525 g/mol. The lowest BCUT2D eigenvalue weighted by Crippen LogP contribution is -2.50. The Labute approximate surface area is 225 Å². The highest BCUT2D eigenvalue weighted by Gasteiger charge is 2.35. The van der Waals surface area contributed by atoms with Crippen LogP contribution in [-0.2, 0) is 29.0 Å². The molecule has 1 aliphatic carbocycles. The Morgan fingerprint density at radius 2 is 1.79 bits per heavy atom. The van der Waals surface area contributed by atoms with E-state index in [1.165, 1.54) is 15.4 Å². The van der Waals surface area contributed by atoms with Crippen LogP contribution in [0, 0.1) is 0 Å². The maximum Gasteiger partial charge on any atom is 0.296 e. The van der Waals surface area contributed by atoms with E-state index in [-0.39, 0.29) is 35.4 Å². The number of Topliss-reactive ketones (excluding diaryl/α,β-unsaturated/α-hetero) is 1. The van der Waals surface area contributed by atoms with Crippen molar-refractivity contribution in [2.45, 2.75) is 57.1 Å². The normalized spacial score (nSPS) is 17.4. The summed E-state index contributed by atoms with van der Waals surface area (Å²) < 4.78 is 2.92. The molecular formula is C30H31N5O4. The summed E-state index contributed by atoms with van der Waals surface area (Å²) in [5, 5.41) is 15.8. The third kappa shape index (κ3) is 4.90. The zero-order valence-corrected chi connectivity index (χ0v) is 21.9. The van der Waals surface area contributed by atoms with Crippen molar-refractivity contribution < 1.29 is 14.7 Å². The third-order valence-corrected chi connectivity index (χ3v) is 8.13. The number of hydrogen-bond acceptors (Lipinski definition) is 6. The Hall–Kier alpha value is -4.11. The van der Waals surface area contributed by atoms with Gasteiger partial charge in [-0.15, -0.1) is 0 Å². The molecular weight excluding hydrogens is 494 g/mol. The van der Waals surface area contributed by atoms with Gasteiger partial charge in [0.2, 0.25) is 11.6 Å². The number of imidazole rings is 1. The third-order valence-electron chi connectivity index (χ3n) is 8.13. The van der Waals surface area contributed by atoms with Gasteiger partial charge in [-0.05, 0) is 41.5 Å². The van der Waals surface area contributed by atoms with Gasteiger partial charge in [0.25, 0.3) is 5.56 Å². The van der Waals surface area contributed by atoms with Crippen LogP contribution in [-0.4, -0.2) is 59.6 Å². The Morgan fingerprint density at radius 1 is 1.05 bits per heavy atom. The maximum atomic E-state index is 13.3. The number of ketones is 1. The smallest absolute Gasteiger partial charge is 0.296 e. The van der Waals surface area contributed by atoms with Crippen LogP contribution < -0.4 is 5.56 Å². The first-order chi connectivity index (χ1) is 18.8. The summed E-state index contributed by atoms with van der Waals surface area (Å²) in [6.45, 7) is 3.02. The summed E-state index contributed by atoms with van der Waals surface area (Å²) in [7, 11) is 0. The van der Waals surface area contributed by atoms with Crippen molar-refractivity contribution in [2.24, 2.45) is 0 Å². The number of likely N-dealkylation sites (tertiary alicyclic amines) is 1. The van der Waals surface area contributed by atoms with E-state index in [1.54, 1.807) is 6.20 Å². The van der Waals surface area contributed by atoms with Gasteiger partial charge in [0.05, 0.1) is 24.0 Å². The quantitative estimate of drug-likeness (QED) is 0.415. The maximum absolute atomic E-state index is 13.3. The van der Waals surface area contributed by atoms with Crippen molar-refractivity contribution in [3.8, 4) is 11.3 Å². The lowest BCUT2D eigenvalue weighted by Gasteiger charge is -2.38. The number of aliphatic hydroxyl groups is 1. The molecule has 0 saturated carbocycles. The van der Waals surface area contributed by atoms with Crippen LogP contribution in [0.15, 0.2) is 65.8 Å². The second-order valence-electron chi connectivity index (χ2n) is 10.9. The summed E-state index contributed by atoms with van der Waals surface area (Å²) >= 11 is 0. The van der Waals surface area contributed by atoms with E-state index in [0.29, 0.717) is 50.9 Å². The Balaban J connectivity index is 1.13. The minimum Gasteiger partial charge on any atom is -0.388 e. The van der Waals surface area contributed by atoms with Crippen LogP contribution in [0.4, 0.5) is 0 Å². The highest BCUT2D eigenvalue weighted by atomic mass is 16.3. The van der Waals surface area contributed by atoms with Gasteiger partial charge in [0, 0.05) is 37.9 Å². The summed E-state index contributed by atoms with van der Waals surface area (Å²) in [4.78, 5) is 44.1. The first-order valence-electron chi connectivity index (χ1n) is 13.4. The Kier molecular flexibility index (Phi) is 6.38. The molecule has 0 bridgehead atoms. The standard InChI is InChI=1S/C30H31N5O4/c1-20(21-5-3-2-4-6-21)13-27(37)33-11-9-30(39,10-12-33)18-34-19-32-35-26(17-31-28(35)29(34)38)23-8-7-22-15-25(36)16-24(22)14-23/h2-8,14,17,19-20,39H,9-13,15-16,18H2,1H3/t20-/m1/s1. The van der Waals surface area contributed by atoms with Crippen molar-refractivity contribution in [3.63, 3.8) is 0 Å². The molecule has 1 saturated heterocycles. The summed E-state index contributed by atoms with van der Waals surface area (Å²) in [6, 6.07) is 15.8. The van der Waals surface area contributed by atoms with Crippen molar-refractivity contribution >= 4 is 17.3 Å². The number of piperidine rings is 1. The van der Waals surface area contributed by atoms with Gasteiger partial charge in [-0.1, -0.05) is 49.4 Å². The summed E-state index contributed by atoms with van der Waals surface area (Å²) in [5.74, 6) is 0.403. The van der Waals surface area contributed by atoms with Gasteiger partial charge in [0.15, 0.2) is 0 Å². The molecule has 0 unspecified atom stereocenters. The van der Waals surface area contributed by atoms with Crippen LogP contribution in [0.3, 0.4) is 0 Å². The number of hydrogen-bond donors (Lipinski definition) is 1. The molecule has 9 heteroatoms. The predicted octanol–water partition coefficient (Wildman–Crippen LogP) is 2.77. The lowest BCUT2D eigenvalue weighted by molar-refractivity contribution is -0.136. The highest BCUT2D eigenvalue weighted by molar-refractivity contribution is 5.88. The predicted molar refractivity (Wildman–Crippen MR) is 145 cm³/mol. The van der Waals surface area contributed by atoms with Gasteiger partial charge in [-0.25, -0.2) is 9.50 Å². The minimum atomic E-state index is -1.12. The van der Waals surface area contributed by atoms with Crippen LogP contribution in [0.5, 0.6) is 0 Å². The molecule has 1 amide bonds. The summed E-state index contributed by atoms with van der Waals surface area (Å²) in [6.07, 6.45) is 5.12. The fourth-order valence-electron chi connectivity index (χ4n) is 5.76. The first kappa shape index (κ1) is 25.2. The zero-order valence-electron chi connectivity index (χ0n) is 21.9. The molecule has 1 atom stereocenters. The molecule has 6 rings (SSSR count). The van der Waals surface area contributed by atoms with Crippen molar-refractivity contribution in [1.82, 2.24) is 24.1 Å². The average molecular weight is 526 g/mol. The number of carbonyl (C=O) groups excluding carboxylic acids is 2. The van der Waals surface area contributed by atoms with E-state index in [1.807, 2.05) is 53.4 Å². The van der Waals surface area contributed by atoms with Crippen LogP contribution in [0.2, 0.25) is 0 Å². The Morgan fingerprint density at radius 3 is 2.56 bits per heavy atom. The number of carbonyl (C=O) groups is 2. The number of benzene rings is 2. The molecule has 2 aromatic heterocycles. The number of rotatable bonds is 6. The number of aromatic nitrogens is 4. The van der Waals surface area contributed by atoms with E-state index >= 15 is 0 Å². The molecule has 4 aromatic rings. The van der Waals surface area contributed by atoms with E-state index in [2.05, 4.69) is 17.0 Å². The number of fused-ring (bicyclic) bond motifs is 2. The molecule has 1 N–H and O–H groups in total. The van der Waals surface area contributed by atoms with E-state index < -0.39 is 5.60 Å². The van der Waals surface area contributed by atoms with Crippen molar-refractivity contribution in [2.75, 3.05) is 13.1 Å². The molecule has 1 aliphatic heterocycles. The van der Waals surface area contributed by atoms with Gasteiger partial charge >= 0.3 is 0 Å². The number of amides is 1. The fraction of sp³-hybridized carbons (Fsp3) is 0.367. The largest absolute Gasteiger partial charge is 0.388 e. The van der Waals surface area contributed by atoms with Crippen LogP contribution in [0.1, 0.15) is 48.8 Å². The molecule has 9 nitrogen and oxygen atoms in total. The average Bonchev–Trinajstić information content (AvgIpc) is 3.53. The van der Waals surface area contributed by atoms with Crippen molar-refractivity contribution in [3.05, 3.63) is 88.1 Å². The highest BCUT2D eigenvalue weighted by Crippen LogP contribution is 2.28. The first-order valence-corrected chi connectivity index (χ1v) is 13.4. The molecule has 200 valence electrons. The topological polar surface area (TPSA) is 110 Å². The number of nitrogens with zero attached hydrogens (tertiary/aromatic N) is 5. The van der Waals surface area contributed by atoms with Gasteiger partial charge in [0.1, 0.15) is 12.1 Å². The molecule has 2 aliphatic rings. The van der Waals surface area contributed by atoms with E-state index in [4.69, 9.17) is 0 Å². The molecule has 1 fully saturated rings. The molecule has 0 radical (unpaired) electrons. The lowest BCUT2D eigenvalue weighted by atomic mass is 9.90. The minimum absolute atomic E-state index is 0.0782. The second kappa shape index (κ2) is 9.89. The summed E-state index contributed by atoms with van der Waals surface area (Å²) in [5.41, 5.74) is 3.42. The molecule has 0 spiro atoms. The second-order valence-corrected chi connectivity index (χ2v) is 10.9. The van der Waals surface area contributed by atoms with E-state index in [9.17, 15) is 19.5 Å². The van der Waals surface area contributed by atoms with Crippen LogP contribution >= 0.6 is 0 Å². The Bertz CT molecular complexity index is 1620. The zero-order chi connectivity index (χ0) is 27.1. The van der Waals surface area contributed by atoms with Crippen LogP contribution in [0.25, 0.3) is 16.9 Å². The molecule has 39 heavy (non-hydrogen) atoms. The molecule has 3 heterocycles. The molecule has 2 aromatic carbocycles. The fourth-order valence-corrected chi connectivity index (χ4v) is 5.76. The van der Waals surface area contributed by atoms with E-state index in [0.717, 1.165) is 22.3 Å². The van der Waals surface area contributed by atoms with Gasteiger partial charge in [-0.3, -0.25) is 19.0 Å².